The molecule has 3 amide bonds. The molecule has 2 unspecified atom stereocenters. The lowest BCUT2D eigenvalue weighted by Gasteiger charge is -2.36. The molecule has 2 aromatic heterocycles. The van der Waals surface area contributed by atoms with E-state index >= 15 is 0 Å². The molecule has 1 N–H and O–H groups in total. The summed E-state index contributed by atoms with van der Waals surface area (Å²) >= 11 is 7.48. The van der Waals surface area contributed by atoms with Crippen LogP contribution in [0.5, 0.6) is 0 Å². The van der Waals surface area contributed by atoms with Gasteiger partial charge in [0.1, 0.15) is 11.6 Å². The highest BCUT2D eigenvalue weighted by atomic mass is 35.5. The van der Waals surface area contributed by atoms with Gasteiger partial charge >= 0.3 is 6.03 Å². The SMILES string of the molecule is CC1CC(=O)N(C(=O)N(C)C)CC1c1nn(C(=O)C(C)(C)CO)c(N(C)Cc2ccc(Cl)s2)c1C#N. The van der Waals surface area contributed by atoms with Crippen LogP contribution < -0.4 is 4.90 Å². The average Bonchev–Trinajstić information content (AvgIpc) is 3.40. The second-order valence-corrected chi connectivity index (χ2v) is 11.8. The van der Waals surface area contributed by atoms with Gasteiger partial charge in [-0.3, -0.25) is 14.5 Å². The van der Waals surface area contributed by atoms with Crippen LogP contribution >= 0.6 is 22.9 Å². The number of hydrogen-bond acceptors (Lipinski definition) is 8. The Morgan fingerprint density at radius 2 is 2.00 bits per heavy atom. The predicted octanol–water partition coefficient (Wildman–Crippen LogP) is 3.40. The summed E-state index contributed by atoms with van der Waals surface area (Å²) in [7, 11) is 4.88. The molecule has 0 bridgehead atoms. The zero-order valence-electron chi connectivity index (χ0n) is 21.3. The van der Waals surface area contributed by atoms with Gasteiger partial charge in [0.05, 0.1) is 28.6 Å². The topological polar surface area (TPSA) is 123 Å². The van der Waals surface area contributed by atoms with Gasteiger partial charge in [-0.25, -0.2) is 4.79 Å². The van der Waals surface area contributed by atoms with Crippen LogP contribution in [0.15, 0.2) is 12.1 Å². The first-order valence-electron chi connectivity index (χ1n) is 11.5. The molecule has 0 aromatic carbocycles. The molecule has 36 heavy (non-hydrogen) atoms. The number of aliphatic hydroxyl groups excluding tert-OH is 1. The quantitative estimate of drug-likeness (QED) is 0.602. The Kier molecular flexibility index (Phi) is 8.13. The minimum absolute atomic E-state index is 0.0456. The molecule has 1 saturated heterocycles. The second-order valence-electron chi connectivity index (χ2n) is 9.99. The molecule has 2 atom stereocenters. The number of likely N-dealkylation sites (tertiary alicyclic amines) is 1. The van der Waals surface area contributed by atoms with Crippen molar-refractivity contribution in [1.29, 1.82) is 5.26 Å². The number of amides is 3. The first-order valence-corrected chi connectivity index (χ1v) is 12.7. The number of hydrogen-bond donors (Lipinski definition) is 1. The lowest BCUT2D eigenvalue weighted by molar-refractivity contribution is -0.132. The summed E-state index contributed by atoms with van der Waals surface area (Å²) in [6.07, 6.45) is 0.108. The van der Waals surface area contributed by atoms with Gasteiger partial charge < -0.3 is 14.9 Å². The molecule has 0 radical (unpaired) electrons. The lowest BCUT2D eigenvalue weighted by Crippen LogP contribution is -2.50. The Hall–Kier alpha value is -2.94. The number of halogens is 1. The van der Waals surface area contributed by atoms with Crippen LogP contribution in [0.4, 0.5) is 10.6 Å². The number of imide groups is 1. The maximum absolute atomic E-state index is 13.5. The fraction of sp³-hybridized carbons (Fsp3) is 0.542. The average molecular weight is 535 g/mol. The Bertz CT molecular complexity index is 1210. The fourth-order valence-electron chi connectivity index (χ4n) is 4.17. The van der Waals surface area contributed by atoms with Crippen molar-refractivity contribution < 1.29 is 19.5 Å². The van der Waals surface area contributed by atoms with Gasteiger partial charge in [-0.1, -0.05) is 18.5 Å². The number of anilines is 1. The molecule has 194 valence electrons. The van der Waals surface area contributed by atoms with Gasteiger partial charge in [0, 0.05) is 44.9 Å². The van der Waals surface area contributed by atoms with E-state index in [1.807, 2.05) is 13.0 Å². The molecule has 0 spiro atoms. The smallest absolute Gasteiger partial charge is 0.326 e. The van der Waals surface area contributed by atoms with E-state index in [-0.39, 0.29) is 36.2 Å². The van der Waals surface area contributed by atoms with E-state index in [1.54, 1.807) is 46.0 Å². The van der Waals surface area contributed by atoms with Crippen LogP contribution in [0.1, 0.15) is 54.0 Å². The summed E-state index contributed by atoms with van der Waals surface area (Å²) in [5.41, 5.74) is -0.605. The minimum Gasteiger partial charge on any atom is -0.395 e. The van der Waals surface area contributed by atoms with Gasteiger partial charge in [-0.2, -0.15) is 15.0 Å². The van der Waals surface area contributed by atoms with Crippen molar-refractivity contribution in [2.75, 3.05) is 39.2 Å². The van der Waals surface area contributed by atoms with Crippen molar-refractivity contribution in [3.8, 4) is 6.07 Å². The third-order valence-corrected chi connectivity index (χ3v) is 7.59. The minimum atomic E-state index is -1.15. The molecule has 1 aliphatic heterocycles. The molecule has 1 aliphatic rings. The van der Waals surface area contributed by atoms with E-state index < -0.39 is 29.9 Å². The zero-order chi connectivity index (χ0) is 26.9. The van der Waals surface area contributed by atoms with Crippen LogP contribution in [-0.2, 0) is 11.3 Å². The van der Waals surface area contributed by atoms with Gasteiger partial charge in [0.15, 0.2) is 5.82 Å². The molecule has 3 rings (SSSR count). The van der Waals surface area contributed by atoms with Crippen LogP contribution in [0.2, 0.25) is 4.34 Å². The van der Waals surface area contributed by atoms with Crippen molar-refractivity contribution in [2.24, 2.45) is 11.3 Å². The monoisotopic (exact) mass is 534 g/mol. The highest BCUT2D eigenvalue weighted by Crippen LogP contribution is 2.38. The van der Waals surface area contributed by atoms with Crippen molar-refractivity contribution in [3.63, 3.8) is 0 Å². The summed E-state index contributed by atoms with van der Waals surface area (Å²) in [6.45, 7) is 5.08. The van der Waals surface area contributed by atoms with Crippen molar-refractivity contribution in [2.45, 2.75) is 39.7 Å². The fourth-order valence-corrected chi connectivity index (χ4v) is 5.32. The van der Waals surface area contributed by atoms with E-state index in [0.717, 1.165) is 4.88 Å². The Morgan fingerprint density at radius 3 is 2.53 bits per heavy atom. The predicted molar refractivity (Wildman–Crippen MR) is 137 cm³/mol. The van der Waals surface area contributed by atoms with Crippen molar-refractivity contribution >= 4 is 46.6 Å². The molecule has 10 nitrogen and oxygen atoms in total. The largest absolute Gasteiger partial charge is 0.395 e. The Balaban J connectivity index is 2.14. The summed E-state index contributed by atoms with van der Waals surface area (Å²) in [5.74, 6) is -1.14. The van der Waals surface area contributed by atoms with Crippen LogP contribution in [-0.4, -0.2) is 76.8 Å². The van der Waals surface area contributed by atoms with Crippen LogP contribution in [0.3, 0.4) is 0 Å². The number of carbonyl (C=O) groups excluding carboxylic acids is 3. The third kappa shape index (κ3) is 5.26. The molecule has 0 saturated carbocycles. The molecule has 0 aliphatic carbocycles. The number of aromatic nitrogens is 2. The van der Waals surface area contributed by atoms with Crippen LogP contribution in [0.25, 0.3) is 0 Å². The number of aliphatic hydroxyl groups is 1. The number of piperidine rings is 1. The summed E-state index contributed by atoms with van der Waals surface area (Å²) in [4.78, 5) is 44.0. The van der Waals surface area contributed by atoms with Crippen molar-refractivity contribution in [3.05, 3.63) is 32.6 Å². The van der Waals surface area contributed by atoms with Gasteiger partial charge in [0.2, 0.25) is 5.91 Å². The first-order chi connectivity index (χ1) is 16.8. The molecule has 1 fully saturated rings. The highest BCUT2D eigenvalue weighted by Gasteiger charge is 2.41. The van der Waals surface area contributed by atoms with Crippen LogP contribution in [0, 0.1) is 22.7 Å². The van der Waals surface area contributed by atoms with Gasteiger partial charge in [0.25, 0.3) is 5.91 Å². The van der Waals surface area contributed by atoms with E-state index in [9.17, 15) is 24.8 Å². The molecule has 3 heterocycles. The Morgan fingerprint density at radius 1 is 1.33 bits per heavy atom. The zero-order valence-corrected chi connectivity index (χ0v) is 22.9. The standard InChI is InChI=1S/C24H31ClN6O4S/c1-14-9-19(33)30(23(35)28(4)5)12-17(14)20-16(10-26)21(29(6)11-15-7-8-18(25)36-15)31(27-20)22(34)24(2,3)13-32/h7-8,14,17,32H,9,11-13H2,1-6H3. The molecular formula is C24H31ClN6O4S. The normalized spacial score (nSPS) is 18.2. The third-order valence-electron chi connectivity index (χ3n) is 6.38. The maximum atomic E-state index is 13.5. The first kappa shape index (κ1) is 27.6. The summed E-state index contributed by atoms with van der Waals surface area (Å²) in [6, 6.07) is 5.42. The van der Waals surface area contributed by atoms with E-state index in [1.165, 1.54) is 25.8 Å². The Labute approximate surface area is 219 Å². The number of carbonyl (C=O) groups is 3. The number of thiophene rings is 1. The van der Waals surface area contributed by atoms with E-state index in [0.29, 0.717) is 16.6 Å². The molecule has 2 aromatic rings. The maximum Gasteiger partial charge on any atom is 0.326 e. The van der Waals surface area contributed by atoms with Crippen molar-refractivity contribution in [1.82, 2.24) is 19.6 Å². The van der Waals surface area contributed by atoms with E-state index in [4.69, 9.17) is 11.6 Å². The lowest BCUT2D eigenvalue weighted by atomic mass is 9.83. The van der Waals surface area contributed by atoms with Gasteiger partial charge in [-0.05, 0) is 31.9 Å². The number of rotatable bonds is 6. The second kappa shape index (κ2) is 10.6. The number of nitrogens with zero attached hydrogens (tertiary/aromatic N) is 6. The van der Waals surface area contributed by atoms with E-state index in [2.05, 4.69) is 11.2 Å². The summed E-state index contributed by atoms with van der Waals surface area (Å²) < 4.78 is 1.80. The molecule has 12 heteroatoms. The highest BCUT2D eigenvalue weighted by molar-refractivity contribution is 7.16. The summed E-state index contributed by atoms with van der Waals surface area (Å²) in [5, 5.41) is 24.7. The number of urea groups is 1. The van der Waals surface area contributed by atoms with Gasteiger partial charge in [-0.15, -0.1) is 11.3 Å². The molecular weight excluding hydrogens is 504 g/mol. The number of nitriles is 1.